The van der Waals surface area contributed by atoms with Crippen LogP contribution in [0.15, 0.2) is 50.1 Å². The summed E-state index contributed by atoms with van der Waals surface area (Å²) in [4.78, 5) is 4.02. The fraction of sp³-hybridized carbons (Fsp3) is 0. The van der Waals surface area contributed by atoms with Crippen LogP contribution in [0, 0.1) is 0 Å². The number of nitrogens with one attached hydrogen (secondary N) is 1. The molecule has 1 aromatic carbocycles. The van der Waals surface area contributed by atoms with E-state index in [4.69, 9.17) is 0 Å². The minimum absolute atomic E-state index is 0.935. The molecule has 2 nitrogen and oxygen atoms in total. The maximum atomic E-state index is 4.02. The molecule has 0 aliphatic carbocycles. The Morgan fingerprint density at radius 3 is 2.38 bits per heavy atom. The van der Waals surface area contributed by atoms with Gasteiger partial charge >= 0.3 is 0 Å². The first-order valence-corrected chi connectivity index (χ1v) is 6.86. The summed E-state index contributed by atoms with van der Waals surface area (Å²) in [5.74, 6) is 0. The normalized spacial score (nSPS) is 10.2. The Morgan fingerprint density at radius 1 is 0.938 bits per heavy atom. The molecule has 0 amide bonds. The van der Waals surface area contributed by atoms with Gasteiger partial charge < -0.3 is 5.32 Å². The number of rotatable bonds is 2. The van der Waals surface area contributed by atoms with Crippen molar-refractivity contribution in [2.45, 2.75) is 0 Å². The van der Waals surface area contributed by atoms with Crippen LogP contribution < -0.4 is 5.32 Å². The van der Waals surface area contributed by atoms with Crippen LogP contribution >= 0.6 is 47.8 Å². The molecule has 5 heteroatoms. The molecule has 1 N–H and O–H groups in total. The molecule has 1 heterocycles. The lowest BCUT2D eigenvalue weighted by molar-refractivity contribution is 1.30. The molecule has 0 saturated heterocycles. The Balaban J connectivity index is 2.31. The zero-order valence-corrected chi connectivity index (χ0v) is 12.8. The number of hydrogen-bond donors (Lipinski definition) is 1. The molecule has 2 aromatic rings. The van der Waals surface area contributed by atoms with Gasteiger partial charge in [-0.1, -0.05) is 15.9 Å². The van der Waals surface area contributed by atoms with E-state index in [0.717, 1.165) is 24.8 Å². The van der Waals surface area contributed by atoms with Crippen LogP contribution in [0.25, 0.3) is 0 Å². The Bertz CT molecular complexity index is 514. The van der Waals surface area contributed by atoms with Gasteiger partial charge in [0.2, 0.25) is 0 Å². The van der Waals surface area contributed by atoms with Gasteiger partial charge in [0.25, 0.3) is 0 Å². The van der Waals surface area contributed by atoms with E-state index in [0.29, 0.717) is 0 Å². The standard InChI is InChI=1S/C11H7Br3N2/c12-7-1-2-10(8(13)5-7)16-11-3-4-15-6-9(11)14/h1-6H,(H,15,16). The molecule has 1 aromatic heterocycles. The highest BCUT2D eigenvalue weighted by Crippen LogP contribution is 2.31. The molecule has 0 spiro atoms. The molecule has 2 rings (SSSR count). The predicted molar refractivity (Wildman–Crippen MR) is 77.1 cm³/mol. The molecule has 0 aliphatic heterocycles. The van der Waals surface area contributed by atoms with E-state index in [9.17, 15) is 0 Å². The Morgan fingerprint density at radius 2 is 1.69 bits per heavy atom. The van der Waals surface area contributed by atoms with E-state index in [1.807, 2.05) is 24.3 Å². The molecule has 0 radical (unpaired) electrons. The molecule has 0 saturated carbocycles. The van der Waals surface area contributed by atoms with Gasteiger partial charge in [-0.15, -0.1) is 0 Å². The molecule has 0 fully saturated rings. The SMILES string of the molecule is Brc1ccc(Nc2ccncc2Br)c(Br)c1. The summed E-state index contributed by atoms with van der Waals surface area (Å²) in [6.45, 7) is 0. The smallest absolute Gasteiger partial charge is 0.0593 e. The van der Waals surface area contributed by atoms with Crippen molar-refractivity contribution in [2.75, 3.05) is 5.32 Å². The van der Waals surface area contributed by atoms with Crippen molar-refractivity contribution in [1.82, 2.24) is 4.98 Å². The van der Waals surface area contributed by atoms with Gasteiger partial charge in [-0.3, -0.25) is 4.98 Å². The Labute approximate surface area is 119 Å². The van der Waals surface area contributed by atoms with Crippen LogP contribution in [-0.4, -0.2) is 4.98 Å². The lowest BCUT2D eigenvalue weighted by atomic mass is 10.3. The fourth-order valence-electron chi connectivity index (χ4n) is 1.21. The lowest BCUT2D eigenvalue weighted by Crippen LogP contribution is -1.92. The van der Waals surface area contributed by atoms with Gasteiger partial charge in [0.05, 0.1) is 15.8 Å². The lowest BCUT2D eigenvalue weighted by Gasteiger charge is -2.10. The molecule has 82 valence electrons. The van der Waals surface area contributed by atoms with E-state index in [1.165, 1.54) is 0 Å². The second-order valence-corrected chi connectivity index (χ2v) is 5.73. The third kappa shape index (κ3) is 2.84. The molecule has 0 bridgehead atoms. The van der Waals surface area contributed by atoms with Crippen molar-refractivity contribution in [1.29, 1.82) is 0 Å². The van der Waals surface area contributed by atoms with Gasteiger partial charge in [-0.25, -0.2) is 0 Å². The van der Waals surface area contributed by atoms with Gasteiger partial charge in [0, 0.05) is 21.3 Å². The van der Waals surface area contributed by atoms with Crippen LogP contribution in [-0.2, 0) is 0 Å². The van der Waals surface area contributed by atoms with Crippen molar-refractivity contribution in [2.24, 2.45) is 0 Å². The van der Waals surface area contributed by atoms with E-state index in [2.05, 4.69) is 58.1 Å². The molecule has 0 aliphatic rings. The monoisotopic (exact) mass is 404 g/mol. The number of hydrogen-bond acceptors (Lipinski definition) is 2. The van der Waals surface area contributed by atoms with Crippen molar-refractivity contribution in [3.63, 3.8) is 0 Å². The maximum absolute atomic E-state index is 4.02. The highest BCUT2D eigenvalue weighted by atomic mass is 79.9. The summed E-state index contributed by atoms with van der Waals surface area (Å²) in [6.07, 6.45) is 3.51. The Hall–Kier alpha value is -0.390. The zero-order chi connectivity index (χ0) is 11.5. The zero-order valence-electron chi connectivity index (χ0n) is 8.05. The number of anilines is 2. The van der Waals surface area contributed by atoms with Crippen LogP contribution in [0.3, 0.4) is 0 Å². The molecule has 0 unspecified atom stereocenters. The minimum Gasteiger partial charge on any atom is -0.354 e. The van der Waals surface area contributed by atoms with Crippen molar-refractivity contribution in [3.8, 4) is 0 Å². The van der Waals surface area contributed by atoms with Gasteiger partial charge in [-0.05, 0) is 56.1 Å². The number of nitrogens with zero attached hydrogens (tertiary/aromatic N) is 1. The van der Waals surface area contributed by atoms with E-state index < -0.39 is 0 Å². The third-order valence-corrected chi connectivity index (χ3v) is 3.75. The van der Waals surface area contributed by atoms with E-state index in [-0.39, 0.29) is 0 Å². The topological polar surface area (TPSA) is 24.9 Å². The number of aromatic nitrogens is 1. The van der Waals surface area contributed by atoms with Crippen LogP contribution in [0.2, 0.25) is 0 Å². The number of halogens is 3. The molecular formula is C11H7Br3N2. The third-order valence-electron chi connectivity index (χ3n) is 1.97. The molecular weight excluding hydrogens is 400 g/mol. The van der Waals surface area contributed by atoms with Gasteiger partial charge in [0.15, 0.2) is 0 Å². The summed E-state index contributed by atoms with van der Waals surface area (Å²) in [7, 11) is 0. The predicted octanol–water partition coefficient (Wildman–Crippen LogP) is 5.11. The average Bonchev–Trinajstić information content (AvgIpc) is 2.25. The van der Waals surface area contributed by atoms with Gasteiger partial charge in [-0.2, -0.15) is 0 Å². The van der Waals surface area contributed by atoms with Crippen LogP contribution in [0.4, 0.5) is 11.4 Å². The number of benzene rings is 1. The Kier molecular flexibility index (Phi) is 4.00. The average molecular weight is 407 g/mol. The fourth-order valence-corrected chi connectivity index (χ4v) is 2.71. The largest absolute Gasteiger partial charge is 0.354 e. The second kappa shape index (κ2) is 5.29. The summed E-state index contributed by atoms with van der Waals surface area (Å²) in [5, 5.41) is 3.31. The molecule has 16 heavy (non-hydrogen) atoms. The van der Waals surface area contributed by atoms with Crippen molar-refractivity contribution in [3.05, 3.63) is 50.1 Å². The summed E-state index contributed by atoms with van der Waals surface area (Å²) in [5.41, 5.74) is 1.99. The second-order valence-electron chi connectivity index (χ2n) is 3.10. The first-order chi connectivity index (χ1) is 7.66. The highest BCUT2D eigenvalue weighted by Gasteiger charge is 2.03. The minimum atomic E-state index is 0.935. The van der Waals surface area contributed by atoms with E-state index >= 15 is 0 Å². The number of pyridine rings is 1. The summed E-state index contributed by atoms with van der Waals surface area (Å²) in [6, 6.07) is 7.90. The van der Waals surface area contributed by atoms with Crippen molar-refractivity contribution >= 4 is 59.2 Å². The quantitative estimate of drug-likeness (QED) is 0.749. The van der Waals surface area contributed by atoms with Crippen molar-refractivity contribution < 1.29 is 0 Å². The van der Waals surface area contributed by atoms with Crippen LogP contribution in [0.1, 0.15) is 0 Å². The maximum Gasteiger partial charge on any atom is 0.0593 e. The van der Waals surface area contributed by atoms with Gasteiger partial charge in [0.1, 0.15) is 0 Å². The summed E-state index contributed by atoms with van der Waals surface area (Å²) < 4.78 is 2.98. The van der Waals surface area contributed by atoms with E-state index in [1.54, 1.807) is 12.4 Å². The highest BCUT2D eigenvalue weighted by molar-refractivity contribution is 9.11. The van der Waals surface area contributed by atoms with Crippen LogP contribution in [0.5, 0.6) is 0 Å². The first-order valence-electron chi connectivity index (χ1n) is 4.48. The molecule has 0 atom stereocenters. The summed E-state index contributed by atoms with van der Waals surface area (Å²) >= 11 is 10.4. The first kappa shape index (κ1) is 12.1.